The third-order valence-corrected chi connectivity index (χ3v) is 3.88. The fourth-order valence-corrected chi connectivity index (χ4v) is 2.46. The van der Waals surface area contributed by atoms with Crippen LogP contribution in [0.15, 0.2) is 35.7 Å². The first-order chi connectivity index (χ1) is 7.77. The van der Waals surface area contributed by atoms with Gasteiger partial charge in [-0.05, 0) is 42.5 Å². The van der Waals surface area contributed by atoms with Crippen molar-refractivity contribution in [1.82, 2.24) is 0 Å². The SMILES string of the molecule is Cc1c(Cl)cccc1NCCc1cccs1. The zero-order valence-electron chi connectivity index (χ0n) is 9.16. The lowest BCUT2D eigenvalue weighted by Crippen LogP contribution is -2.05. The highest BCUT2D eigenvalue weighted by molar-refractivity contribution is 7.09. The van der Waals surface area contributed by atoms with E-state index >= 15 is 0 Å². The first kappa shape index (κ1) is 11.5. The monoisotopic (exact) mass is 251 g/mol. The fraction of sp³-hybridized carbons (Fsp3) is 0.231. The van der Waals surface area contributed by atoms with Gasteiger partial charge in [-0.2, -0.15) is 0 Å². The number of hydrogen-bond donors (Lipinski definition) is 1. The molecule has 1 aromatic heterocycles. The van der Waals surface area contributed by atoms with Crippen molar-refractivity contribution in [3.8, 4) is 0 Å². The molecule has 2 rings (SSSR count). The molecule has 1 nitrogen and oxygen atoms in total. The third kappa shape index (κ3) is 2.77. The van der Waals surface area contributed by atoms with E-state index in [4.69, 9.17) is 11.6 Å². The van der Waals surface area contributed by atoms with Crippen molar-refractivity contribution in [3.63, 3.8) is 0 Å². The van der Waals surface area contributed by atoms with Gasteiger partial charge in [0.25, 0.3) is 0 Å². The molecule has 0 aliphatic rings. The van der Waals surface area contributed by atoms with Gasteiger partial charge in [-0.25, -0.2) is 0 Å². The minimum absolute atomic E-state index is 0.820. The second-order valence-corrected chi connectivity index (χ2v) is 5.11. The summed E-state index contributed by atoms with van der Waals surface area (Å²) in [4.78, 5) is 1.41. The van der Waals surface area contributed by atoms with Crippen molar-refractivity contribution in [3.05, 3.63) is 51.2 Å². The van der Waals surface area contributed by atoms with Crippen LogP contribution in [0.5, 0.6) is 0 Å². The summed E-state index contributed by atoms with van der Waals surface area (Å²) in [5, 5.41) is 6.35. The summed E-state index contributed by atoms with van der Waals surface area (Å²) in [6.07, 6.45) is 1.06. The first-order valence-electron chi connectivity index (χ1n) is 5.29. The van der Waals surface area contributed by atoms with Crippen LogP contribution in [-0.4, -0.2) is 6.54 Å². The van der Waals surface area contributed by atoms with Crippen LogP contribution < -0.4 is 5.32 Å². The van der Waals surface area contributed by atoms with Crippen molar-refractivity contribution in [1.29, 1.82) is 0 Å². The Kier molecular flexibility index (Phi) is 3.86. The van der Waals surface area contributed by atoms with Gasteiger partial charge in [0.05, 0.1) is 0 Å². The highest BCUT2D eigenvalue weighted by atomic mass is 35.5. The number of halogens is 1. The van der Waals surface area contributed by atoms with Crippen LogP contribution >= 0.6 is 22.9 Å². The van der Waals surface area contributed by atoms with E-state index in [1.165, 1.54) is 4.88 Å². The Morgan fingerprint density at radius 1 is 1.25 bits per heavy atom. The predicted octanol–water partition coefficient (Wildman–Crippen LogP) is 4.36. The summed E-state index contributed by atoms with van der Waals surface area (Å²) in [7, 11) is 0. The van der Waals surface area contributed by atoms with Crippen molar-refractivity contribution >= 4 is 28.6 Å². The van der Waals surface area contributed by atoms with Gasteiger partial charge in [0, 0.05) is 22.1 Å². The molecular formula is C13H14ClNS. The zero-order valence-corrected chi connectivity index (χ0v) is 10.7. The molecular weight excluding hydrogens is 238 g/mol. The standard InChI is InChI=1S/C13H14ClNS/c1-10-12(14)5-2-6-13(10)15-8-7-11-4-3-9-16-11/h2-6,9,15H,7-8H2,1H3. The zero-order chi connectivity index (χ0) is 11.4. The Labute approximate surface area is 105 Å². The van der Waals surface area contributed by atoms with Gasteiger partial charge < -0.3 is 5.32 Å². The van der Waals surface area contributed by atoms with Gasteiger partial charge in [0.1, 0.15) is 0 Å². The second-order valence-electron chi connectivity index (χ2n) is 3.67. The van der Waals surface area contributed by atoms with Crippen molar-refractivity contribution in [2.45, 2.75) is 13.3 Å². The molecule has 0 amide bonds. The summed E-state index contributed by atoms with van der Waals surface area (Å²) in [6.45, 7) is 2.98. The van der Waals surface area contributed by atoms with E-state index in [-0.39, 0.29) is 0 Å². The lowest BCUT2D eigenvalue weighted by atomic mass is 10.2. The molecule has 0 saturated carbocycles. The van der Waals surface area contributed by atoms with Gasteiger partial charge in [0.2, 0.25) is 0 Å². The molecule has 16 heavy (non-hydrogen) atoms. The average molecular weight is 252 g/mol. The van der Waals surface area contributed by atoms with Crippen LogP contribution in [-0.2, 0) is 6.42 Å². The first-order valence-corrected chi connectivity index (χ1v) is 6.54. The van der Waals surface area contributed by atoms with E-state index in [1.807, 2.05) is 19.1 Å². The lowest BCUT2D eigenvalue weighted by molar-refractivity contribution is 1.04. The maximum absolute atomic E-state index is 6.05. The Bertz CT molecular complexity index is 451. The van der Waals surface area contributed by atoms with Gasteiger partial charge in [0.15, 0.2) is 0 Å². The molecule has 3 heteroatoms. The normalized spacial score (nSPS) is 10.4. The largest absolute Gasteiger partial charge is 0.384 e. The van der Waals surface area contributed by atoms with E-state index in [0.717, 1.165) is 29.2 Å². The minimum atomic E-state index is 0.820. The molecule has 1 N–H and O–H groups in total. The second kappa shape index (κ2) is 5.37. The smallest absolute Gasteiger partial charge is 0.0455 e. The van der Waals surface area contributed by atoms with E-state index < -0.39 is 0 Å². The maximum atomic E-state index is 6.05. The molecule has 84 valence electrons. The Morgan fingerprint density at radius 3 is 2.88 bits per heavy atom. The molecule has 0 unspecified atom stereocenters. The van der Waals surface area contributed by atoms with Crippen LogP contribution in [0.1, 0.15) is 10.4 Å². The molecule has 0 radical (unpaired) electrons. The number of anilines is 1. The molecule has 0 aliphatic carbocycles. The molecule has 0 fully saturated rings. The van der Waals surface area contributed by atoms with Crippen molar-refractivity contribution in [2.75, 3.05) is 11.9 Å². The summed E-state index contributed by atoms with van der Waals surface area (Å²) < 4.78 is 0. The Balaban J connectivity index is 1.92. The van der Waals surface area contributed by atoms with Crippen molar-refractivity contribution < 1.29 is 0 Å². The number of rotatable bonds is 4. The van der Waals surface area contributed by atoms with Gasteiger partial charge in [-0.3, -0.25) is 0 Å². The molecule has 0 atom stereocenters. The lowest BCUT2D eigenvalue weighted by Gasteiger charge is -2.09. The van der Waals surface area contributed by atoms with Crippen LogP contribution in [0.2, 0.25) is 5.02 Å². The van der Waals surface area contributed by atoms with Gasteiger partial charge in [-0.15, -0.1) is 11.3 Å². The highest BCUT2D eigenvalue weighted by Gasteiger charge is 2.01. The van der Waals surface area contributed by atoms with Crippen LogP contribution in [0, 0.1) is 6.92 Å². The molecule has 0 spiro atoms. The highest BCUT2D eigenvalue weighted by Crippen LogP contribution is 2.22. The van der Waals surface area contributed by atoms with Crippen molar-refractivity contribution in [2.24, 2.45) is 0 Å². The quantitative estimate of drug-likeness (QED) is 0.851. The minimum Gasteiger partial charge on any atom is -0.384 e. The van der Waals surface area contributed by atoms with E-state index in [9.17, 15) is 0 Å². The molecule has 1 aromatic carbocycles. The van der Waals surface area contributed by atoms with Crippen LogP contribution in [0.4, 0.5) is 5.69 Å². The van der Waals surface area contributed by atoms with Gasteiger partial charge in [-0.1, -0.05) is 23.7 Å². The molecule has 1 heterocycles. The number of benzene rings is 1. The summed E-state index contributed by atoms with van der Waals surface area (Å²) >= 11 is 7.85. The van der Waals surface area contributed by atoms with E-state index in [1.54, 1.807) is 11.3 Å². The maximum Gasteiger partial charge on any atom is 0.0455 e. The predicted molar refractivity (Wildman–Crippen MR) is 72.7 cm³/mol. The molecule has 0 aliphatic heterocycles. The number of thiophene rings is 1. The summed E-state index contributed by atoms with van der Waals surface area (Å²) in [5.41, 5.74) is 2.25. The van der Waals surface area contributed by atoms with E-state index in [2.05, 4.69) is 28.9 Å². The van der Waals surface area contributed by atoms with Gasteiger partial charge >= 0.3 is 0 Å². The average Bonchev–Trinajstić information content (AvgIpc) is 2.77. The third-order valence-electron chi connectivity index (χ3n) is 2.53. The number of nitrogens with one attached hydrogen (secondary N) is 1. The van der Waals surface area contributed by atoms with Crippen LogP contribution in [0.3, 0.4) is 0 Å². The Morgan fingerprint density at radius 2 is 2.12 bits per heavy atom. The topological polar surface area (TPSA) is 12.0 Å². The summed E-state index contributed by atoms with van der Waals surface area (Å²) in [6, 6.07) is 10.2. The van der Waals surface area contributed by atoms with E-state index in [0.29, 0.717) is 0 Å². The Hall–Kier alpha value is -0.990. The fourth-order valence-electron chi connectivity index (χ4n) is 1.57. The molecule has 0 bridgehead atoms. The number of hydrogen-bond acceptors (Lipinski definition) is 2. The van der Waals surface area contributed by atoms with Crippen LogP contribution in [0.25, 0.3) is 0 Å². The molecule has 0 saturated heterocycles. The molecule has 2 aromatic rings. The summed E-state index contributed by atoms with van der Waals surface area (Å²) in [5.74, 6) is 0.